The van der Waals surface area contributed by atoms with Crippen molar-refractivity contribution >= 4 is 17.5 Å². The van der Waals surface area contributed by atoms with Crippen LogP contribution in [0.3, 0.4) is 0 Å². The average molecular weight is 336 g/mol. The summed E-state index contributed by atoms with van der Waals surface area (Å²) in [6.45, 7) is -0.119. The van der Waals surface area contributed by atoms with Crippen LogP contribution in [0.2, 0.25) is 0 Å². The van der Waals surface area contributed by atoms with E-state index < -0.39 is 12.3 Å². The number of nitrogens with one attached hydrogen (secondary N) is 2. The van der Waals surface area contributed by atoms with Gasteiger partial charge >= 0.3 is 6.36 Å². The highest BCUT2D eigenvalue weighted by Gasteiger charge is 2.31. The minimum Gasteiger partial charge on any atom is -0.406 e. The molecular weight excluding hydrogens is 325 g/mol. The number of anilines is 1. The molecule has 5 nitrogen and oxygen atoms in total. The SMILES string of the molecule is O=C1CNC(=O)c2cc(-c3ccc(OC(F)(F)F)cc3)ccc2N1. The van der Waals surface area contributed by atoms with Crippen LogP contribution >= 0.6 is 0 Å². The highest BCUT2D eigenvalue weighted by molar-refractivity contribution is 6.09. The van der Waals surface area contributed by atoms with Gasteiger partial charge < -0.3 is 15.4 Å². The van der Waals surface area contributed by atoms with Crippen LogP contribution in [0.25, 0.3) is 11.1 Å². The summed E-state index contributed by atoms with van der Waals surface area (Å²) in [4.78, 5) is 23.5. The number of hydrogen-bond donors (Lipinski definition) is 2. The van der Waals surface area contributed by atoms with Crippen LogP contribution in [0.5, 0.6) is 5.75 Å². The number of carbonyl (C=O) groups is 2. The zero-order chi connectivity index (χ0) is 17.3. The summed E-state index contributed by atoms with van der Waals surface area (Å²) in [5.41, 5.74) is 1.90. The first kappa shape index (κ1) is 15.9. The van der Waals surface area contributed by atoms with Crippen LogP contribution < -0.4 is 15.4 Å². The first-order chi connectivity index (χ1) is 11.3. The van der Waals surface area contributed by atoms with Crippen LogP contribution in [0.4, 0.5) is 18.9 Å². The van der Waals surface area contributed by atoms with Gasteiger partial charge in [0, 0.05) is 0 Å². The summed E-state index contributed by atoms with van der Waals surface area (Å²) in [5, 5.41) is 5.07. The number of carbonyl (C=O) groups excluding carboxylic acids is 2. The molecule has 2 N–H and O–H groups in total. The van der Waals surface area contributed by atoms with Crippen LogP contribution in [0.1, 0.15) is 10.4 Å². The van der Waals surface area contributed by atoms with Crippen molar-refractivity contribution in [2.45, 2.75) is 6.36 Å². The average Bonchev–Trinajstić information content (AvgIpc) is 2.65. The largest absolute Gasteiger partial charge is 0.573 e. The lowest BCUT2D eigenvalue weighted by Gasteiger charge is -2.11. The molecule has 1 heterocycles. The summed E-state index contributed by atoms with van der Waals surface area (Å²) in [6, 6.07) is 10.1. The Hall–Kier alpha value is -3.03. The summed E-state index contributed by atoms with van der Waals surface area (Å²) in [6.07, 6.45) is -4.75. The van der Waals surface area contributed by atoms with Gasteiger partial charge in [-0.25, -0.2) is 0 Å². The van der Waals surface area contributed by atoms with E-state index in [1.807, 2.05) is 0 Å². The van der Waals surface area contributed by atoms with E-state index in [0.29, 0.717) is 16.8 Å². The number of halogens is 3. The molecule has 0 radical (unpaired) electrons. The first-order valence-electron chi connectivity index (χ1n) is 6.90. The molecule has 0 spiro atoms. The van der Waals surface area contributed by atoms with Crippen molar-refractivity contribution in [1.82, 2.24) is 5.32 Å². The molecule has 0 atom stereocenters. The third kappa shape index (κ3) is 3.48. The zero-order valence-electron chi connectivity index (χ0n) is 12.1. The van der Waals surface area contributed by atoms with Gasteiger partial charge in [-0.15, -0.1) is 13.2 Å². The van der Waals surface area contributed by atoms with Gasteiger partial charge in [0.05, 0.1) is 17.8 Å². The fourth-order valence-corrected chi connectivity index (χ4v) is 2.32. The quantitative estimate of drug-likeness (QED) is 0.886. The Morgan fingerprint density at radius 1 is 0.958 bits per heavy atom. The van der Waals surface area contributed by atoms with Gasteiger partial charge in [-0.1, -0.05) is 18.2 Å². The molecule has 2 amide bonds. The van der Waals surface area contributed by atoms with Gasteiger partial charge in [-0.2, -0.15) is 0 Å². The Morgan fingerprint density at radius 2 is 1.62 bits per heavy atom. The van der Waals surface area contributed by atoms with Crippen molar-refractivity contribution in [3.05, 3.63) is 48.0 Å². The Kier molecular flexibility index (Phi) is 3.88. The van der Waals surface area contributed by atoms with Crippen molar-refractivity contribution in [3.8, 4) is 16.9 Å². The zero-order valence-corrected chi connectivity index (χ0v) is 12.1. The molecule has 2 aromatic rings. The van der Waals surface area contributed by atoms with Crippen LogP contribution in [-0.2, 0) is 4.79 Å². The molecule has 1 aliphatic rings. The van der Waals surface area contributed by atoms with Crippen LogP contribution in [0.15, 0.2) is 42.5 Å². The molecule has 2 aromatic carbocycles. The van der Waals surface area contributed by atoms with E-state index in [9.17, 15) is 22.8 Å². The Labute approximate surface area is 134 Å². The van der Waals surface area contributed by atoms with Gasteiger partial charge in [-0.05, 0) is 35.4 Å². The van der Waals surface area contributed by atoms with Crippen LogP contribution in [0, 0.1) is 0 Å². The number of hydrogen-bond acceptors (Lipinski definition) is 3. The minimum atomic E-state index is -4.75. The maximum Gasteiger partial charge on any atom is 0.573 e. The molecule has 1 aliphatic heterocycles. The van der Waals surface area contributed by atoms with Gasteiger partial charge in [0.2, 0.25) is 5.91 Å². The van der Waals surface area contributed by atoms with Gasteiger partial charge in [0.15, 0.2) is 0 Å². The van der Waals surface area contributed by atoms with E-state index >= 15 is 0 Å². The number of rotatable bonds is 2. The van der Waals surface area contributed by atoms with Crippen LogP contribution in [-0.4, -0.2) is 24.7 Å². The summed E-state index contributed by atoms with van der Waals surface area (Å²) < 4.78 is 40.3. The van der Waals surface area contributed by atoms with Crippen molar-refractivity contribution in [3.63, 3.8) is 0 Å². The molecule has 0 fully saturated rings. The third-order valence-electron chi connectivity index (χ3n) is 3.37. The first-order valence-corrected chi connectivity index (χ1v) is 6.90. The summed E-state index contributed by atoms with van der Waals surface area (Å²) in [5.74, 6) is -1.06. The normalized spacial score (nSPS) is 14.3. The summed E-state index contributed by atoms with van der Waals surface area (Å²) >= 11 is 0. The predicted molar refractivity (Wildman–Crippen MR) is 79.5 cm³/mol. The second-order valence-corrected chi connectivity index (χ2v) is 5.06. The van der Waals surface area contributed by atoms with E-state index in [-0.39, 0.29) is 23.8 Å². The van der Waals surface area contributed by atoms with Gasteiger partial charge in [0.1, 0.15) is 5.75 Å². The molecule has 0 unspecified atom stereocenters. The topological polar surface area (TPSA) is 67.4 Å². The van der Waals surface area contributed by atoms with E-state index in [1.54, 1.807) is 18.2 Å². The van der Waals surface area contributed by atoms with Crippen molar-refractivity contribution in [2.24, 2.45) is 0 Å². The number of alkyl halides is 3. The standard InChI is InChI=1S/C16H11F3N2O3/c17-16(18,19)24-11-4-1-9(2-5-11)10-3-6-13-12(7-10)15(23)20-8-14(22)21-13/h1-7H,8H2,(H,20,23)(H,21,22). The summed E-state index contributed by atoms with van der Waals surface area (Å²) in [7, 11) is 0. The number of fused-ring (bicyclic) bond motifs is 1. The van der Waals surface area contributed by atoms with Gasteiger partial charge in [0.25, 0.3) is 5.91 Å². The Balaban J connectivity index is 1.90. The molecule has 8 heteroatoms. The molecule has 3 rings (SSSR count). The fraction of sp³-hybridized carbons (Fsp3) is 0.125. The van der Waals surface area contributed by atoms with E-state index in [4.69, 9.17) is 0 Å². The second kappa shape index (κ2) is 5.88. The lowest BCUT2D eigenvalue weighted by molar-refractivity contribution is -0.274. The molecule has 0 aromatic heterocycles. The highest BCUT2D eigenvalue weighted by Crippen LogP contribution is 2.29. The van der Waals surface area contributed by atoms with E-state index in [2.05, 4.69) is 15.4 Å². The molecular formula is C16H11F3N2O3. The lowest BCUT2D eigenvalue weighted by Crippen LogP contribution is -2.28. The molecule has 0 aliphatic carbocycles. The smallest absolute Gasteiger partial charge is 0.406 e. The number of benzene rings is 2. The number of amides is 2. The highest BCUT2D eigenvalue weighted by atomic mass is 19.4. The van der Waals surface area contributed by atoms with E-state index in [0.717, 1.165) is 0 Å². The third-order valence-corrected chi connectivity index (χ3v) is 3.37. The number of ether oxygens (including phenoxy) is 1. The fourth-order valence-electron chi connectivity index (χ4n) is 2.32. The molecule has 0 bridgehead atoms. The van der Waals surface area contributed by atoms with Crippen molar-refractivity contribution in [2.75, 3.05) is 11.9 Å². The molecule has 124 valence electrons. The second-order valence-electron chi connectivity index (χ2n) is 5.06. The molecule has 0 saturated heterocycles. The minimum absolute atomic E-state index is 0.119. The van der Waals surface area contributed by atoms with Crippen molar-refractivity contribution in [1.29, 1.82) is 0 Å². The molecule has 0 saturated carbocycles. The lowest BCUT2D eigenvalue weighted by atomic mass is 10.0. The van der Waals surface area contributed by atoms with E-state index in [1.165, 1.54) is 24.3 Å². The maximum atomic E-state index is 12.2. The van der Waals surface area contributed by atoms with Crippen molar-refractivity contribution < 1.29 is 27.5 Å². The Bertz CT molecular complexity index is 801. The van der Waals surface area contributed by atoms with Gasteiger partial charge in [-0.3, -0.25) is 9.59 Å². The maximum absolute atomic E-state index is 12.2. The Morgan fingerprint density at radius 3 is 2.29 bits per heavy atom. The predicted octanol–water partition coefficient (Wildman–Crippen LogP) is 2.93. The molecule has 24 heavy (non-hydrogen) atoms. The monoisotopic (exact) mass is 336 g/mol.